The molecule has 0 saturated heterocycles. The predicted octanol–water partition coefficient (Wildman–Crippen LogP) is 3.80. The normalized spacial score (nSPS) is 13.7. The van der Waals surface area contributed by atoms with Gasteiger partial charge in [0.1, 0.15) is 15.6 Å². The lowest BCUT2D eigenvalue weighted by molar-refractivity contribution is 0.101. The second kappa shape index (κ2) is 6.93. The highest BCUT2D eigenvalue weighted by Crippen LogP contribution is 2.34. The first-order valence-corrected chi connectivity index (χ1v) is 8.74. The van der Waals surface area contributed by atoms with E-state index in [0.717, 1.165) is 22.6 Å². The zero-order valence-electron chi connectivity index (χ0n) is 13.5. The third-order valence-electron chi connectivity index (χ3n) is 4.01. The predicted molar refractivity (Wildman–Crippen MR) is 92.4 cm³/mol. The number of rotatable bonds is 4. The lowest BCUT2D eigenvalue weighted by Gasteiger charge is -2.12. The Bertz CT molecular complexity index is 940. The molecule has 1 amide bonds. The van der Waals surface area contributed by atoms with Crippen LogP contribution in [0.1, 0.15) is 33.0 Å². The minimum absolute atomic E-state index is 0.118. The number of aromatic amines is 1. The van der Waals surface area contributed by atoms with Gasteiger partial charge >= 0.3 is 0 Å². The Morgan fingerprint density at radius 3 is 2.88 bits per heavy atom. The minimum atomic E-state index is -2.85. The number of benzene rings is 1. The van der Waals surface area contributed by atoms with Crippen molar-refractivity contribution in [1.82, 2.24) is 15.2 Å². The van der Waals surface area contributed by atoms with Crippen molar-refractivity contribution in [2.75, 3.05) is 11.9 Å². The summed E-state index contributed by atoms with van der Waals surface area (Å²) in [5, 5.41) is 9.88. The van der Waals surface area contributed by atoms with Gasteiger partial charge in [-0.15, -0.1) is 11.3 Å². The topological polar surface area (TPSA) is 79.9 Å². The van der Waals surface area contributed by atoms with Gasteiger partial charge in [-0.05, 0) is 0 Å². The van der Waals surface area contributed by atoms with Crippen molar-refractivity contribution in [3.63, 3.8) is 0 Å². The number of H-pyrrole nitrogens is 1. The number of amides is 1. The largest absolute Gasteiger partial charge is 0.376 e. The molecule has 6 nitrogen and oxygen atoms in total. The van der Waals surface area contributed by atoms with Crippen LogP contribution in [0.4, 0.5) is 14.6 Å². The molecule has 0 bridgehead atoms. The Kier molecular flexibility index (Phi) is 4.48. The number of alkyl halides is 2. The zero-order valence-corrected chi connectivity index (χ0v) is 14.3. The average molecular weight is 376 g/mol. The van der Waals surface area contributed by atoms with Gasteiger partial charge in [-0.25, -0.2) is 13.8 Å². The van der Waals surface area contributed by atoms with Gasteiger partial charge in [-0.3, -0.25) is 9.89 Å². The van der Waals surface area contributed by atoms with Crippen LogP contribution in [0, 0.1) is 0 Å². The van der Waals surface area contributed by atoms with Gasteiger partial charge in [0.15, 0.2) is 5.82 Å². The molecule has 2 aromatic heterocycles. The lowest BCUT2D eigenvalue weighted by atomic mass is 10.1. The summed E-state index contributed by atoms with van der Waals surface area (Å²) < 4.78 is 32.1. The zero-order chi connectivity index (χ0) is 18.1. The van der Waals surface area contributed by atoms with E-state index < -0.39 is 18.0 Å². The van der Waals surface area contributed by atoms with E-state index in [2.05, 4.69) is 20.5 Å². The van der Waals surface area contributed by atoms with Gasteiger partial charge in [0.25, 0.3) is 12.3 Å². The summed E-state index contributed by atoms with van der Waals surface area (Å²) in [5.74, 6) is -0.348. The smallest absolute Gasteiger partial charge is 0.282 e. The Balaban J connectivity index is 1.65. The van der Waals surface area contributed by atoms with Gasteiger partial charge in [-0.1, -0.05) is 30.3 Å². The molecule has 4 rings (SSSR count). The SMILES string of the molecule is O=C(Nc1n[nH]c2c1COCC2)c1sc(-c2ccccc2)nc1C(F)F. The fourth-order valence-corrected chi connectivity index (χ4v) is 3.70. The molecule has 0 atom stereocenters. The number of thiazole rings is 1. The highest BCUT2D eigenvalue weighted by Gasteiger charge is 2.27. The quantitative estimate of drug-likeness (QED) is 0.726. The summed E-state index contributed by atoms with van der Waals surface area (Å²) in [7, 11) is 0. The summed E-state index contributed by atoms with van der Waals surface area (Å²) in [4.78, 5) is 16.5. The molecule has 1 aromatic carbocycles. The number of hydrogen-bond donors (Lipinski definition) is 2. The minimum Gasteiger partial charge on any atom is -0.376 e. The van der Waals surface area contributed by atoms with Crippen molar-refractivity contribution in [2.24, 2.45) is 0 Å². The summed E-state index contributed by atoms with van der Waals surface area (Å²) >= 11 is 0.936. The van der Waals surface area contributed by atoms with E-state index in [1.165, 1.54) is 0 Å². The summed E-state index contributed by atoms with van der Waals surface area (Å²) in [6, 6.07) is 8.92. The Morgan fingerprint density at radius 2 is 2.12 bits per heavy atom. The molecule has 134 valence electrons. The van der Waals surface area contributed by atoms with Crippen molar-refractivity contribution >= 4 is 23.1 Å². The van der Waals surface area contributed by atoms with Crippen LogP contribution in [0.25, 0.3) is 10.6 Å². The molecular formula is C17H14F2N4O2S. The van der Waals surface area contributed by atoms with E-state index in [9.17, 15) is 13.6 Å². The van der Waals surface area contributed by atoms with Crippen LogP contribution in [0.5, 0.6) is 0 Å². The third-order valence-corrected chi connectivity index (χ3v) is 5.13. The molecule has 0 unspecified atom stereocenters. The molecule has 3 heterocycles. The molecule has 26 heavy (non-hydrogen) atoms. The first-order valence-electron chi connectivity index (χ1n) is 7.93. The van der Waals surface area contributed by atoms with E-state index in [0.29, 0.717) is 36.0 Å². The number of carbonyl (C=O) groups excluding carboxylic acids is 1. The van der Waals surface area contributed by atoms with Gasteiger partial charge in [0.05, 0.1) is 13.2 Å². The molecule has 0 fully saturated rings. The first kappa shape index (κ1) is 16.8. The fourth-order valence-electron chi connectivity index (χ4n) is 2.73. The number of carbonyl (C=O) groups is 1. The number of nitrogens with one attached hydrogen (secondary N) is 2. The maximum Gasteiger partial charge on any atom is 0.282 e. The number of halogens is 2. The number of ether oxygens (including phenoxy) is 1. The van der Waals surface area contributed by atoms with Gasteiger partial charge in [-0.2, -0.15) is 5.10 Å². The number of hydrogen-bond acceptors (Lipinski definition) is 5. The summed E-state index contributed by atoms with van der Waals surface area (Å²) in [6.45, 7) is 0.897. The van der Waals surface area contributed by atoms with Crippen LogP contribution >= 0.6 is 11.3 Å². The molecule has 0 spiro atoms. The molecule has 2 N–H and O–H groups in total. The van der Waals surface area contributed by atoms with Crippen molar-refractivity contribution in [3.8, 4) is 10.6 Å². The first-order chi connectivity index (χ1) is 12.6. The monoisotopic (exact) mass is 376 g/mol. The van der Waals surface area contributed by atoms with Crippen LogP contribution in [-0.2, 0) is 17.8 Å². The number of fused-ring (bicyclic) bond motifs is 1. The van der Waals surface area contributed by atoms with Crippen LogP contribution in [0.15, 0.2) is 30.3 Å². The standard InChI is InChI=1S/C17H14F2N4O2S/c18-14(19)12-13(26-17(20-12)9-4-2-1-3-5-9)16(24)21-15-10-8-25-7-6-11(10)22-23-15/h1-5,14H,6-8H2,(H2,21,22,23,24). The molecule has 1 aliphatic heterocycles. The van der Waals surface area contributed by atoms with Gasteiger partial charge in [0.2, 0.25) is 0 Å². The fraction of sp³-hybridized carbons (Fsp3) is 0.235. The van der Waals surface area contributed by atoms with Crippen LogP contribution in [-0.4, -0.2) is 27.7 Å². The van der Waals surface area contributed by atoms with Crippen molar-refractivity contribution in [1.29, 1.82) is 0 Å². The van der Waals surface area contributed by atoms with E-state index in [1.807, 2.05) is 6.07 Å². The van der Waals surface area contributed by atoms with E-state index >= 15 is 0 Å². The van der Waals surface area contributed by atoms with Crippen molar-refractivity contribution in [2.45, 2.75) is 19.5 Å². The molecule has 1 aliphatic rings. The van der Waals surface area contributed by atoms with Crippen molar-refractivity contribution in [3.05, 3.63) is 52.2 Å². The highest BCUT2D eigenvalue weighted by atomic mass is 32.1. The Morgan fingerprint density at radius 1 is 1.31 bits per heavy atom. The molecule has 0 aliphatic carbocycles. The Hall–Kier alpha value is -2.65. The molecule has 3 aromatic rings. The number of anilines is 1. The third kappa shape index (κ3) is 3.11. The maximum atomic E-state index is 13.4. The highest BCUT2D eigenvalue weighted by molar-refractivity contribution is 7.17. The molecule has 0 radical (unpaired) electrons. The summed E-state index contributed by atoms with van der Waals surface area (Å²) in [6.07, 6.45) is -2.18. The van der Waals surface area contributed by atoms with Crippen LogP contribution in [0.3, 0.4) is 0 Å². The van der Waals surface area contributed by atoms with Gasteiger partial charge in [0, 0.05) is 23.2 Å². The number of aromatic nitrogens is 3. The lowest BCUT2D eigenvalue weighted by Crippen LogP contribution is -2.16. The van der Waals surface area contributed by atoms with E-state index in [1.54, 1.807) is 24.3 Å². The maximum absolute atomic E-state index is 13.4. The van der Waals surface area contributed by atoms with Gasteiger partial charge < -0.3 is 10.1 Å². The summed E-state index contributed by atoms with van der Waals surface area (Å²) in [5.41, 5.74) is 1.79. The molecule has 0 saturated carbocycles. The molecular weight excluding hydrogens is 362 g/mol. The average Bonchev–Trinajstić information content (AvgIpc) is 3.28. The van der Waals surface area contributed by atoms with Crippen LogP contribution in [0.2, 0.25) is 0 Å². The van der Waals surface area contributed by atoms with E-state index in [-0.39, 0.29) is 4.88 Å². The van der Waals surface area contributed by atoms with E-state index in [4.69, 9.17) is 4.74 Å². The second-order valence-corrected chi connectivity index (χ2v) is 6.69. The second-order valence-electron chi connectivity index (χ2n) is 5.69. The van der Waals surface area contributed by atoms with Crippen molar-refractivity contribution < 1.29 is 18.3 Å². The molecule has 9 heteroatoms. The number of nitrogens with zero attached hydrogens (tertiary/aromatic N) is 2. The van der Waals surface area contributed by atoms with Crippen LogP contribution < -0.4 is 5.32 Å². The Labute approximate surface area is 151 Å².